The number of thioether (sulfide) groups is 1. The van der Waals surface area contributed by atoms with Gasteiger partial charge in [-0.15, -0.1) is 22.7 Å². The van der Waals surface area contributed by atoms with Crippen molar-refractivity contribution in [3.05, 3.63) is 22.0 Å². The third-order valence-electron chi connectivity index (χ3n) is 4.60. The molecule has 3 N–H and O–H groups in total. The van der Waals surface area contributed by atoms with Crippen molar-refractivity contribution in [2.75, 3.05) is 16.8 Å². The van der Waals surface area contributed by atoms with E-state index in [2.05, 4.69) is 34.1 Å². The zero-order valence-electron chi connectivity index (χ0n) is 14.9. The Hall–Kier alpha value is -1.75. The van der Waals surface area contributed by atoms with Gasteiger partial charge >= 0.3 is 0 Å². The first kappa shape index (κ1) is 18.6. The van der Waals surface area contributed by atoms with Gasteiger partial charge in [-0.25, -0.2) is 15.0 Å². The van der Waals surface area contributed by atoms with E-state index in [1.807, 2.05) is 5.38 Å². The number of carbonyl (C=O) groups is 1. The summed E-state index contributed by atoms with van der Waals surface area (Å²) in [4.78, 5) is 27.1. The first-order valence-corrected chi connectivity index (χ1v) is 11.2. The van der Waals surface area contributed by atoms with Crippen molar-refractivity contribution in [3.8, 4) is 0 Å². The van der Waals surface area contributed by atoms with Crippen molar-refractivity contribution in [1.82, 2.24) is 15.0 Å². The molecule has 1 amide bonds. The standard InChI is InChI=1S/C17H19N5O2S3/c1-3-17(2)6-9-10(7-24-17)27-14-12(9)13(18)21-16(22-14)26-8-11(23)20-15-19-4-5-25-15/h4-5H,3,6-8H2,1-2H3,(H2,18,21,22)(H,19,20,23)/t17-/m1/s1. The van der Waals surface area contributed by atoms with E-state index in [-0.39, 0.29) is 17.3 Å². The molecule has 0 saturated heterocycles. The number of anilines is 2. The normalized spacial score (nSPS) is 19.2. The van der Waals surface area contributed by atoms with Crippen molar-refractivity contribution in [2.45, 2.75) is 44.1 Å². The fraction of sp³-hybridized carbons (Fsp3) is 0.412. The minimum atomic E-state index is -0.172. The van der Waals surface area contributed by atoms with Crippen molar-refractivity contribution in [1.29, 1.82) is 0 Å². The van der Waals surface area contributed by atoms with Crippen LogP contribution in [-0.2, 0) is 22.6 Å². The van der Waals surface area contributed by atoms with Gasteiger partial charge in [0.25, 0.3) is 0 Å². The largest absolute Gasteiger partial charge is 0.383 e. The number of fused-ring (bicyclic) bond motifs is 3. The monoisotopic (exact) mass is 421 g/mol. The van der Waals surface area contributed by atoms with E-state index in [0.717, 1.165) is 23.1 Å². The number of ether oxygens (including phenoxy) is 1. The Bertz CT molecular complexity index is 988. The van der Waals surface area contributed by atoms with E-state index in [1.54, 1.807) is 17.5 Å². The molecule has 0 bridgehead atoms. The van der Waals surface area contributed by atoms with Crippen LogP contribution in [0.1, 0.15) is 30.7 Å². The third-order valence-corrected chi connectivity index (χ3v) is 7.24. The number of aromatic nitrogens is 3. The van der Waals surface area contributed by atoms with Gasteiger partial charge in [-0.2, -0.15) is 0 Å². The Kier molecular flexibility index (Phi) is 5.06. The van der Waals surface area contributed by atoms with Gasteiger partial charge in [-0.3, -0.25) is 4.79 Å². The summed E-state index contributed by atoms with van der Waals surface area (Å²) in [5.41, 5.74) is 7.30. The van der Waals surface area contributed by atoms with E-state index >= 15 is 0 Å². The molecule has 3 aromatic rings. The quantitative estimate of drug-likeness (QED) is 0.478. The SMILES string of the molecule is CC[C@]1(C)Cc2c(sc3nc(SCC(=O)Nc4nccs4)nc(N)c23)CO1. The number of rotatable bonds is 5. The molecule has 0 spiro atoms. The van der Waals surface area contributed by atoms with E-state index in [0.29, 0.717) is 22.7 Å². The Balaban J connectivity index is 1.53. The maximum absolute atomic E-state index is 12.0. The van der Waals surface area contributed by atoms with E-state index < -0.39 is 0 Å². The molecular weight excluding hydrogens is 402 g/mol. The highest BCUT2D eigenvalue weighted by atomic mass is 32.2. The minimum absolute atomic E-state index is 0.144. The molecule has 1 aliphatic heterocycles. The lowest BCUT2D eigenvalue weighted by Crippen LogP contribution is -2.33. The first-order chi connectivity index (χ1) is 13.0. The predicted octanol–water partition coefficient (Wildman–Crippen LogP) is 3.70. The van der Waals surface area contributed by atoms with Gasteiger partial charge in [0, 0.05) is 22.9 Å². The molecule has 0 saturated carbocycles. The number of nitrogens with zero attached hydrogens (tertiary/aromatic N) is 3. The number of nitrogens with two attached hydrogens (primary N) is 1. The number of thiazole rings is 1. The number of carbonyl (C=O) groups excluding carboxylic acids is 1. The van der Waals surface area contributed by atoms with Crippen molar-refractivity contribution < 1.29 is 9.53 Å². The molecule has 1 aliphatic rings. The number of amides is 1. The van der Waals surface area contributed by atoms with Crippen LogP contribution in [0.15, 0.2) is 16.7 Å². The van der Waals surface area contributed by atoms with E-state index in [4.69, 9.17) is 10.5 Å². The Morgan fingerprint density at radius 2 is 2.33 bits per heavy atom. The van der Waals surface area contributed by atoms with Crippen LogP contribution in [0, 0.1) is 0 Å². The van der Waals surface area contributed by atoms with Crippen LogP contribution in [0.4, 0.5) is 10.9 Å². The molecule has 4 heterocycles. The fourth-order valence-electron chi connectivity index (χ4n) is 2.94. The lowest BCUT2D eigenvalue weighted by molar-refractivity contribution is -0.113. The molecular formula is C17H19N5O2S3. The van der Waals surface area contributed by atoms with Gasteiger partial charge in [0.2, 0.25) is 5.91 Å². The van der Waals surface area contributed by atoms with Crippen LogP contribution in [0.2, 0.25) is 0 Å². The number of hydrogen-bond donors (Lipinski definition) is 2. The fourth-order valence-corrected chi connectivity index (χ4v) is 5.31. The predicted molar refractivity (Wildman–Crippen MR) is 110 cm³/mol. The van der Waals surface area contributed by atoms with Gasteiger partial charge in [0.15, 0.2) is 10.3 Å². The highest BCUT2D eigenvalue weighted by molar-refractivity contribution is 7.99. The van der Waals surface area contributed by atoms with Crippen LogP contribution >= 0.6 is 34.4 Å². The van der Waals surface area contributed by atoms with Gasteiger partial charge in [0.1, 0.15) is 10.6 Å². The molecule has 4 rings (SSSR count). The molecule has 3 aromatic heterocycles. The second-order valence-electron chi connectivity index (χ2n) is 6.52. The maximum atomic E-state index is 12.0. The molecule has 0 aliphatic carbocycles. The lowest BCUT2D eigenvalue weighted by atomic mass is 9.90. The van der Waals surface area contributed by atoms with Gasteiger partial charge in [0.05, 0.1) is 23.3 Å². The summed E-state index contributed by atoms with van der Waals surface area (Å²) in [5.74, 6) is 0.530. The Morgan fingerprint density at radius 3 is 3.07 bits per heavy atom. The first-order valence-electron chi connectivity index (χ1n) is 8.51. The number of hydrogen-bond acceptors (Lipinski definition) is 9. The van der Waals surface area contributed by atoms with E-state index in [9.17, 15) is 4.79 Å². The van der Waals surface area contributed by atoms with E-state index in [1.165, 1.54) is 33.5 Å². The van der Waals surface area contributed by atoms with Crippen LogP contribution < -0.4 is 11.1 Å². The summed E-state index contributed by atoms with van der Waals surface area (Å²) in [6.45, 7) is 4.84. The molecule has 0 fully saturated rings. The lowest BCUT2D eigenvalue weighted by Gasteiger charge is -2.33. The van der Waals surface area contributed by atoms with Gasteiger partial charge < -0.3 is 15.8 Å². The molecule has 7 nitrogen and oxygen atoms in total. The Labute approximate surface area is 168 Å². The molecule has 27 heavy (non-hydrogen) atoms. The van der Waals surface area contributed by atoms with Crippen molar-refractivity contribution >= 4 is 61.5 Å². The highest BCUT2D eigenvalue weighted by Crippen LogP contribution is 2.41. The molecule has 1 atom stereocenters. The summed E-state index contributed by atoms with van der Waals surface area (Å²) < 4.78 is 6.03. The van der Waals surface area contributed by atoms with Crippen molar-refractivity contribution in [2.24, 2.45) is 0 Å². The third kappa shape index (κ3) is 3.79. The number of nitrogen functional groups attached to an aromatic ring is 1. The van der Waals surface area contributed by atoms with Crippen molar-refractivity contribution in [3.63, 3.8) is 0 Å². The minimum Gasteiger partial charge on any atom is -0.383 e. The second kappa shape index (κ2) is 7.34. The summed E-state index contributed by atoms with van der Waals surface area (Å²) in [6.07, 6.45) is 3.40. The zero-order valence-corrected chi connectivity index (χ0v) is 17.4. The summed E-state index contributed by atoms with van der Waals surface area (Å²) in [7, 11) is 0. The van der Waals surface area contributed by atoms with Crippen LogP contribution in [0.3, 0.4) is 0 Å². The average Bonchev–Trinajstić information content (AvgIpc) is 3.27. The van der Waals surface area contributed by atoms with Gasteiger partial charge in [-0.05, 0) is 18.9 Å². The maximum Gasteiger partial charge on any atom is 0.236 e. The number of thiophene rings is 1. The topological polar surface area (TPSA) is 103 Å². The highest BCUT2D eigenvalue weighted by Gasteiger charge is 2.33. The second-order valence-corrected chi connectivity index (χ2v) is 9.44. The average molecular weight is 422 g/mol. The molecule has 10 heteroatoms. The summed E-state index contributed by atoms with van der Waals surface area (Å²) in [6, 6.07) is 0. The van der Waals surface area contributed by atoms with Gasteiger partial charge in [-0.1, -0.05) is 18.7 Å². The summed E-state index contributed by atoms with van der Waals surface area (Å²) >= 11 is 4.25. The number of nitrogens with one attached hydrogen (secondary N) is 1. The van der Waals surface area contributed by atoms with Crippen LogP contribution in [0.25, 0.3) is 10.2 Å². The van der Waals surface area contributed by atoms with Crippen LogP contribution in [-0.4, -0.2) is 32.2 Å². The summed E-state index contributed by atoms with van der Waals surface area (Å²) in [5, 5.41) is 6.59. The molecule has 0 unspecified atom stereocenters. The molecule has 0 radical (unpaired) electrons. The molecule has 142 valence electrons. The molecule has 0 aromatic carbocycles. The Morgan fingerprint density at radius 1 is 1.48 bits per heavy atom. The smallest absolute Gasteiger partial charge is 0.236 e. The van der Waals surface area contributed by atoms with Crippen LogP contribution in [0.5, 0.6) is 0 Å². The zero-order chi connectivity index (χ0) is 19.0.